The van der Waals surface area contributed by atoms with Gasteiger partial charge in [0.2, 0.25) is 5.78 Å². The Balaban J connectivity index is 1.86. The number of aromatic nitrogens is 1. The van der Waals surface area contributed by atoms with Crippen LogP contribution in [-0.2, 0) is 0 Å². The lowest BCUT2D eigenvalue weighted by atomic mass is 10.1. The highest BCUT2D eigenvalue weighted by molar-refractivity contribution is 5.94. The summed E-state index contributed by atoms with van der Waals surface area (Å²) in [6.45, 7) is 1.44. The van der Waals surface area contributed by atoms with Crippen LogP contribution in [-0.4, -0.2) is 46.5 Å². The number of hydrogen-bond acceptors (Lipinski definition) is 5. The summed E-state index contributed by atoms with van der Waals surface area (Å²) in [5, 5.41) is 8.97. The van der Waals surface area contributed by atoms with Crippen LogP contribution in [0, 0.1) is 0 Å². The number of ketones is 1. The maximum Gasteiger partial charge on any atom is 0.213 e. The zero-order valence-corrected chi connectivity index (χ0v) is 7.01. The number of aliphatic hydroxyl groups excluding tert-OH is 1. The average Bonchev–Trinajstić information content (AvgIpc) is 2.53. The highest BCUT2D eigenvalue weighted by Gasteiger charge is 2.26. The van der Waals surface area contributed by atoms with E-state index in [1.54, 1.807) is 0 Å². The molecule has 2 heterocycles. The fraction of sp³-hybridized carbons (Fsp3) is 0.500. The van der Waals surface area contributed by atoms with E-state index in [0.717, 1.165) is 0 Å². The van der Waals surface area contributed by atoms with E-state index in [1.807, 2.05) is 4.90 Å². The number of likely N-dealkylation sites (tertiary alicyclic amines) is 1. The third-order valence-corrected chi connectivity index (χ3v) is 2.01. The first-order valence-electron chi connectivity index (χ1n) is 4.08. The zero-order valence-electron chi connectivity index (χ0n) is 7.01. The van der Waals surface area contributed by atoms with Crippen molar-refractivity contribution in [3.05, 3.63) is 18.4 Å². The van der Waals surface area contributed by atoms with E-state index in [1.165, 1.54) is 12.6 Å². The standard InChI is InChI=1S/C8H10N2O3/c11-6-2-10(3-6)4-7(12)8-1-9-5-13-8/h1,5-6,11H,2-4H2. The number of oxazole rings is 1. The monoisotopic (exact) mass is 182 g/mol. The van der Waals surface area contributed by atoms with E-state index >= 15 is 0 Å². The molecule has 5 heteroatoms. The van der Waals surface area contributed by atoms with Crippen LogP contribution in [0.1, 0.15) is 10.6 Å². The second kappa shape index (κ2) is 3.27. The number of β-amino-alcohol motifs (C(OH)–C–C–N with tert-alkyl or cyclic N) is 1. The Morgan fingerprint density at radius 3 is 3.08 bits per heavy atom. The Morgan fingerprint density at radius 1 is 1.77 bits per heavy atom. The highest BCUT2D eigenvalue weighted by atomic mass is 16.3. The molecule has 0 amide bonds. The normalized spacial score (nSPS) is 18.5. The molecule has 1 aromatic rings. The van der Waals surface area contributed by atoms with Gasteiger partial charge in [-0.1, -0.05) is 0 Å². The lowest BCUT2D eigenvalue weighted by Crippen LogP contribution is -2.52. The van der Waals surface area contributed by atoms with Crippen LogP contribution >= 0.6 is 0 Å². The average molecular weight is 182 g/mol. The van der Waals surface area contributed by atoms with Gasteiger partial charge in [0.1, 0.15) is 0 Å². The summed E-state index contributed by atoms with van der Waals surface area (Å²) in [5.74, 6) is 0.186. The molecular weight excluding hydrogens is 172 g/mol. The number of Topliss-reactive ketones (excluding diaryl/α,β-unsaturated/α-hetero) is 1. The number of nitrogens with zero attached hydrogens (tertiary/aromatic N) is 2. The zero-order chi connectivity index (χ0) is 9.26. The third-order valence-electron chi connectivity index (χ3n) is 2.01. The molecule has 0 spiro atoms. The Morgan fingerprint density at radius 2 is 2.54 bits per heavy atom. The van der Waals surface area contributed by atoms with Gasteiger partial charge in [0.05, 0.1) is 18.8 Å². The fourth-order valence-electron chi connectivity index (χ4n) is 1.31. The first kappa shape index (κ1) is 8.40. The minimum Gasteiger partial charge on any atom is -0.440 e. The van der Waals surface area contributed by atoms with Crippen molar-refractivity contribution in [2.75, 3.05) is 19.6 Å². The van der Waals surface area contributed by atoms with Gasteiger partial charge in [-0.15, -0.1) is 0 Å². The summed E-state index contributed by atoms with van der Waals surface area (Å²) in [5.41, 5.74) is 0. The molecule has 0 atom stereocenters. The summed E-state index contributed by atoms with van der Waals surface area (Å²) in [6, 6.07) is 0. The molecule has 2 rings (SSSR count). The van der Waals surface area contributed by atoms with Gasteiger partial charge in [-0.05, 0) is 0 Å². The third kappa shape index (κ3) is 1.76. The van der Waals surface area contributed by atoms with Crippen LogP contribution in [0.4, 0.5) is 0 Å². The van der Waals surface area contributed by atoms with Crippen molar-refractivity contribution in [3.8, 4) is 0 Å². The van der Waals surface area contributed by atoms with Crippen LogP contribution in [0.25, 0.3) is 0 Å². The van der Waals surface area contributed by atoms with Crippen molar-refractivity contribution < 1.29 is 14.3 Å². The smallest absolute Gasteiger partial charge is 0.213 e. The molecule has 13 heavy (non-hydrogen) atoms. The largest absolute Gasteiger partial charge is 0.440 e. The molecular formula is C8H10N2O3. The molecule has 0 radical (unpaired) electrons. The molecule has 1 aliphatic rings. The van der Waals surface area contributed by atoms with Gasteiger partial charge >= 0.3 is 0 Å². The van der Waals surface area contributed by atoms with E-state index in [4.69, 9.17) is 9.52 Å². The van der Waals surface area contributed by atoms with Gasteiger partial charge in [-0.25, -0.2) is 4.98 Å². The molecule has 1 N–H and O–H groups in total. The second-order valence-electron chi connectivity index (χ2n) is 3.14. The van der Waals surface area contributed by atoms with Crippen molar-refractivity contribution in [2.24, 2.45) is 0 Å². The lowest BCUT2D eigenvalue weighted by molar-refractivity contribution is 0.00465. The maximum atomic E-state index is 11.4. The summed E-state index contributed by atoms with van der Waals surface area (Å²) in [4.78, 5) is 16.9. The van der Waals surface area contributed by atoms with Crippen LogP contribution in [0.3, 0.4) is 0 Å². The molecule has 1 aliphatic heterocycles. The van der Waals surface area contributed by atoms with Crippen LogP contribution in [0.15, 0.2) is 17.0 Å². The first-order chi connectivity index (χ1) is 6.25. The first-order valence-corrected chi connectivity index (χ1v) is 4.08. The van der Waals surface area contributed by atoms with Crippen molar-refractivity contribution >= 4 is 5.78 Å². The van der Waals surface area contributed by atoms with Gasteiger partial charge in [0, 0.05) is 13.1 Å². The summed E-state index contributed by atoms with van der Waals surface area (Å²) >= 11 is 0. The quantitative estimate of drug-likeness (QED) is 0.640. The van der Waals surface area contributed by atoms with Gasteiger partial charge in [-0.3, -0.25) is 9.69 Å². The van der Waals surface area contributed by atoms with E-state index < -0.39 is 0 Å². The molecule has 0 bridgehead atoms. The molecule has 0 aliphatic carbocycles. The summed E-state index contributed by atoms with van der Waals surface area (Å²) in [7, 11) is 0. The number of hydrogen-bond donors (Lipinski definition) is 1. The summed E-state index contributed by atoms with van der Waals surface area (Å²) < 4.78 is 4.84. The number of aliphatic hydroxyl groups is 1. The van der Waals surface area contributed by atoms with E-state index in [2.05, 4.69) is 4.98 Å². The molecule has 0 unspecified atom stereocenters. The molecule has 1 saturated heterocycles. The van der Waals surface area contributed by atoms with E-state index in [-0.39, 0.29) is 17.6 Å². The molecule has 1 aromatic heterocycles. The summed E-state index contributed by atoms with van der Waals surface area (Å²) in [6.07, 6.45) is 2.36. The number of carbonyl (C=O) groups is 1. The van der Waals surface area contributed by atoms with Crippen LogP contribution < -0.4 is 0 Å². The van der Waals surface area contributed by atoms with Crippen LogP contribution in [0.5, 0.6) is 0 Å². The molecule has 0 saturated carbocycles. The predicted octanol–water partition coefficient (Wildman–Crippen LogP) is -0.466. The van der Waals surface area contributed by atoms with Gasteiger partial charge < -0.3 is 9.52 Å². The van der Waals surface area contributed by atoms with Crippen LogP contribution in [0.2, 0.25) is 0 Å². The predicted molar refractivity (Wildman–Crippen MR) is 43.3 cm³/mol. The Labute approximate surface area is 75.0 Å². The fourth-order valence-corrected chi connectivity index (χ4v) is 1.31. The van der Waals surface area contributed by atoms with Crippen molar-refractivity contribution in [1.82, 2.24) is 9.88 Å². The second-order valence-corrected chi connectivity index (χ2v) is 3.14. The minimum absolute atomic E-state index is 0.0931. The van der Waals surface area contributed by atoms with E-state index in [0.29, 0.717) is 19.6 Å². The highest BCUT2D eigenvalue weighted by Crippen LogP contribution is 2.08. The van der Waals surface area contributed by atoms with Gasteiger partial charge in [0.25, 0.3) is 0 Å². The van der Waals surface area contributed by atoms with Gasteiger partial charge in [-0.2, -0.15) is 0 Å². The Bertz CT molecular complexity index is 290. The number of rotatable bonds is 3. The molecule has 1 fully saturated rings. The van der Waals surface area contributed by atoms with Gasteiger partial charge in [0.15, 0.2) is 12.2 Å². The SMILES string of the molecule is O=C(CN1CC(O)C1)c1cnco1. The Hall–Kier alpha value is -1.20. The number of carbonyl (C=O) groups excluding carboxylic acids is 1. The van der Waals surface area contributed by atoms with E-state index in [9.17, 15) is 4.79 Å². The minimum atomic E-state index is -0.275. The van der Waals surface area contributed by atoms with Crippen molar-refractivity contribution in [1.29, 1.82) is 0 Å². The molecule has 0 aromatic carbocycles. The topological polar surface area (TPSA) is 66.6 Å². The molecule has 70 valence electrons. The van der Waals surface area contributed by atoms with Crippen molar-refractivity contribution in [3.63, 3.8) is 0 Å². The maximum absolute atomic E-state index is 11.4. The lowest BCUT2D eigenvalue weighted by Gasteiger charge is -2.34. The Kier molecular flexibility index (Phi) is 2.12. The molecule has 5 nitrogen and oxygen atoms in total. The van der Waals surface area contributed by atoms with Crippen molar-refractivity contribution in [2.45, 2.75) is 6.10 Å².